The van der Waals surface area contributed by atoms with Crippen LogP contribution in [-0.4, -0.2) is 48.2 Å². The maximum atomic E-state index is 12.6. The Balaban J connectivity index is 1.81. The number of ether oxygens (including phenoxy) is 1. The van der Waals surface area contributed by atoms with Gasteiger partial charge in [0.15, 0.2) is 9.84 Å². The highest BCUT2D eigenvalue weighted by Gasteiger charge is 2.42. The number of carbonyl (C=O) groups is 1. The smallest absolute Gasteiger partial charge is 0.266 e. The van der Waals surface area contributed by atoms with E-state index in [1.54, 1.807) is 13.2 Å². The molecule has 1 atom stereocenters. The molecule has 0 aliphatic carbocycles. The van der Waals surface area contributed by atoms with Crippen LogP contribution in [0.5, 0.6) is 5.75 Å². The Labute approximate surface area is 144 Å². The number of thioether (sulfide) groups is 1. The first-order valence-electron chi connectivity index (χ1n) is 7.01. The molecule has 122 valence electrons. The molecule has 0 saturated carbocycles. The number of methoxy groups -OCH3 is 1. The number of amides is 1. The van der Waals surface area contributed by atoms with E-state index in [0.29, 0.717) is 15.6 Å². The summed E-state index contributed by atoms with van der Waals surface area (Å²) in [4.78, 5) is 14.5. The maximum absolute atomic E-state index is 12.6. The van der Waals surface area contributed by atoms with Gasteiger partial charge in [-0.25, -0.2) is 8.42 Å². The van der Waals surface area contributed by atoms with Gasteiger partial charge in [0.25, 0.3) is 5.91 Å². The SMILES string of the molecule is COc1ccc(/C=C2/SC(=S)N([C@H]3CCS(=O)(=O)C3)C2=O)cc1. The van der Waals surface area contributed by atoms with E-state index in [1.165, 1.54) is 16.7 Å². The fourth-order valence-electron chi connectivity index (χ4n) is 2.63. The third-order valence-corrected chi connectivity index (χ3v) is 6.89. The van der Waals surface area contributed by atoms with Crippen molar-refractivity contribution >= 4 is 50.1 Å². The van der Waals surface area contributed by atoms with Gasteiger partial charge in [0, 0.05) is 0 Å². The third-order valence-electron chi connectivity index (χ3n) is 3.81. The number of nitrogens with zero attached hydrogens (tertiary/aromatic N) is 1. The Morgan fingerprint density at radius 2 is 2.04 bits per heavy atom. The second-order valence-corrected chi connectivity index (χ2v) is 9.29. The minimum atomic E-state index is -3.06. The van der Waals surface area contributed by atoms with E-state index in [0.717, 1.165) is 11.3 Å². The van der Waals surface area contributed by atoms with Crippen molar-refractivity contribution in [3.05, 3.63) is 34.7 Å². The monoisotopic (exact) mass is 369 g/mol. The third kappa shape index (κ3) is 3.44. The lowest BCUT2D eigenvalue weighted by molar-refractivity contribution is -0.123. The predicted octanol–water partition coefficient (Wildman–Crippen LogP) is 2.08. The summed E-state index contributed by atoms with van der Waals surface area (Å²) < 4.78 is 28.8. The summed E-state index contributed by atoms with van der Waals surface area (Å²) in [6.07, 6.45) is 2.22. The van der Waals surface area contributed by atoms with Crippen molar-refractivity contribution in [2.24, 2.45) is 0 Å². The van der Waals surface area contributed by atoms with Crippen molar-refractivity contribution in [1.82, 2.24) is 4.90 Å². The molecule has 0 spiro atoms. The number of rotatable bonds is 3. The van der Waals surface area contributed by atoms with Crippen LogP contribution < -0.4 is 4.74 Å². The summed E-state index contributed by atoms with van der Waals surface area (Å²) in [5, 5.41) is 0. The second-order valence-electron chi connectivity index (χ2n) is 5.38. The van der Waals surface area contributed by atoms with Crippen LogP contribution in [0.1, 0.15) is 12.0 Å². The Bertz CT molecular complexity index is 783. The lowest BCUT2D eigenvalue weighted by Crippen LogP contribution is -2.39. The van der Waals surface area contributed by atoms with Gasteiger partial charge in [-0.05, 0) is 30.2 Å². The first-order valence-corrected chi connectivity index (χ1v) is 10.1. The van der Waals surface area contributed by atoms with Crippen LogP contribution in [0.25, 0.3) is 6.08 Å². The van der Waals surface area contributed by atoms with E-state index in [2.05, 4.69) is 0 Å². The van der Waals surface area contributed by atoms with Gasteiger partial charge in [-0.2, -0.15) is 0 Å². The number of benzene rings is 1. The van der Waals surface area contributed by atoms with Crippen LogP contribution in [0, 0.1) is 0 Å². The fourth-order valence-corrected chi connectivity index (χ4v) is 5.73. The first kappa shape index (κ1) is 16.5. The van der Waals surface area contributed by atoms with Crippen molar-refractivity contribution in [3.8, 4) is 5.75 Å². The highest BCUT2D eigenvalue weighted by atomic mass is 32.2. The number of hydrogen-bond acceptors (Lipinski definition) is 6. The second kappa shape index (κ2) is 6.26. The summed E-state index contributed by atoms with van der Waals surface area (Å²) in [6, 6.07) is 7.00. The molecule has 2 saturated heterocycles. The molecule has 0 aromatic heterocycles. The number of hydrogen-bond donors (Lipinski definition) is 0. The summed E-state index contributed by atoms with van der Waals surface area (Å²) in [7, 11) is -1.47. The van der Waals surface area contributed by atoms with Crippen LogP contribution in [0.2, 0.25) is 0 Å². The minimum Gasteiger partial charge on any atom is -0.497 e. The van der Waals surface area contributed by atoms with Crippen LogP contribution in [0.4, 0.5) is 0 Å². The van der Waals surface area contributed by atoms with Crippen LogP contribution >= 0.6 is 24.0 Å². The average molecular weight is 369 g/mol. The van der Waals surface area contributed by atoms with Crippen LogP contribution in [0.15, 0.2) is 29.2 Å². The average Bonchev–Trinajstić information content (AvgIpc) is 2.99. The molecule has 2 fully saturated rings. The van der Waals surface area contributed by atoms with Gasteiger partial charge in [-0.15, -0.1) is 0 Å². The molecule has 0 radical (unpaired) electrons. The van der Waals surface area contributed by atoms with Crippen molar-refractivity contribution in [2.75, 3.05) is 18.6 Å². The number of thiocarbonyl (C=S) groups is 1. The first-order chi connectivity index (χ1) is 10.9. The predicted molar refractivity (Wildman–Crippen MR) is 95.1 cm³/mol. The van der Waals surface area contributed by atoms with Gasteiger partial charge in [0.05, 0.1) is 29.6 Å². The fraction of sp³-hybridized carbons (Fsp3) is 0.333. The molecule has 1 aromatic rings. The Morgan fingerprint density at radius 3 is 2.61 bits per heavy atom. The van der Waals surface area contributed by atoms with E-state index >= 15 is 0 Å². The topological polar surface area (TPSA) is 63.7 Å². The molecule has 5 nitrogen and oxygen atoms in total. The molecular weight excluding hydrogens is 354 g/mol. The maximum Gasteiger partial charge on any atom is 0.266 e. The van der Waals surface area contributed by atoms with Crippen molar-refractivity contribution in [1.29, 1.82) is 0 Å². The lowest BCUT2D eigenvalue weighted by atomic mass is 10.2. The van der Waals surface area contributed by atoms with Gasteiger partial charge in [-0.1, -0.05) is 36.1 Å². The van der Waals surface area contributed by atoms with Crippen molar-refractivity contribution in [3.63, 3.8) is 0 Å². The summed E-state index contributed by atoms with van der Waals surface area (Å²) in [5.74, 6) is 0.644. The summed E-state index contributed by atoms with van der Waals surface area (Å²) in [5.41, 5.74) is 0.866. The number of carbonyl (C=O) groups excluding carboxylic acids is 1. The standard InChI is InChI=1S/C15H15NO4S3/c1-20-12-4-2-10(3-5-12)8-13-14(17)16(15(21)22-13)11-6-7-23(18,19)9-11/h2-5,8,11H,6-7,9H2,1H3/b13-8+/t11-/m0/s1. The molecule has 2 heterocycles. The molecule has 1 aromatic carbocycles. The van der Waals surface area contributed by atoms with Gasteiger partial charge >= 0.3 is 0 Å². The molecular formula is C15H15NO4S3. The largest absolute Gasteiger partial charge is 0.497 e. The Morgan fingerprint density at radius 1 is 1.35 bits per heavy atom. The zero-order valence-electron chi connectivity index (χ0n) is 12.4. The molecule has 23 heavy (non-hydrogen) atoms. The number of sulfone groups is 1. The molecule has 1 amide bonds. The van der Waals surface area contributed by atoms with Gasteiger partial charge in [-0.3, -0.25) is 9.69 Å². The van der Waals surface area contributed by atoms with E-state index in [4.69, 9.17) is 17.0 Å². The van der Waals surface area contributed by atoms with E-state index in [1.807, 2.05) is 24.3 Å². The molecule has 0 unspecified atom stereocenters. The lowest BCUT2D eigenvalue weighted by Gasteiger charge is -2.20. The highest BCUT2D eigenvalue weighted by Crippen LogP contribution is 2.36. The molecule has 2 aliphatic heterocycles. The molecule has 0 bridgehead atoms. The van der Waals surface area contributed by atoms with Crippen LogP contribution in [-0.2, 0) is 14.6 Å². The van der Waals surface area contributed by atoms with Gasteiger partial charge < -0.3 is 4.74 Å². The summed E-state index contributed by atoms with van der Waals surface area (Å²) in [6.45, 7) is 0. The quantitative estimate of drug-likeness (QED) is 0.600. The van der Waals surface area contributed by atoms with Crippen molar-refractivity contribution in [2.45, 2.75) is 12.5 Å². The Hall–Kier alpha value is -1.38. The zero-order valence-corrected chi connectivity index (χ0v) is 14.8. The normalized spacial score (nSPS) is 25.3. The van der Waals surface area contributed by atoms with E-state index < -0.39 is 9.84 Å². The summed E-state index contributed by atoms with van der Waals surface area (Å²) >= 11 is 6.49. The Kier molecular flexibility index (Phi) is 4.48. The molecule has 0 N–H and O–H groups in total. The van der Waals surface area contributed by atoms with Gasteiger partial charge in [0.2, 0.25) is 0 Å². The van der Waals surface area contributed by atoms with Crippen molar-refractivity contribution < 1.29 is 17.9 Å². The van der Waals surface area contributed by atoms with Gasteiger partial charge in [0.1, 0.15) is 10.1 Å². The van der Waals surface area contributed by atoms with Crippen LogP contribution in [0.3, 0.4) is 0 Å². The molecule has 2 aliphatic rings. The molecule has 3 rings (SSSR count). The highest BCUT2D eigenvalue weighted by molar-refractivity contribution is 8.26. The van der Waals surface area contributed by atoms with E-state index in [9.17, 15) is 13.2 Å². The van der Waals surface area contributed by atoms with E-state index in [-0.39, 0.29) is 23.5 Å². The zero-order chi connectivity index (χ0) is 16.6. The molecule has 8 heteroatoms. The minimum absolute atomic E-state index is 0.00471.